The molecule has 0 aliphatic carbocycles. The highest BCUT2D eigenvalue weighted by Gasteiger charge is 2.00. The Labute approximate surface area is 104 Å². The van der Waals surface area contributed by atoms with Crippen molar-refractivity contribution in [2.75, 3.05) is 6.54 Å². The molecule has 15 heavy (non-hydrogen) atoms. The van der Waals surface area contributed by atoms with Crippen LogP contribution in [0.15, 0.2) is 18.2 Å². The van der Waals surface area contributed by atoms with Crippen LogP contribution in [-0.4, -0.2) is 17.6 Å². The van der Waals surface area contributed by atoms with Gasteiger partial charge in [-0.3, -0.25) is 4.79 Å². The Kier molecular flexibility index (Phi) is 6.68. The lowest BCUT2D eigenvalue weighted by atomic mass is 10.2. The van der Waals surface area contributed by atoms with Gasteiger partial charge in [0.2, 0.25) is 0 Å². The van der Waals surface area contributed by atoms with Crippen molar-refractivity contribution < 1.29 is 9.90 Å². The zero-order chi connectivity index (χ0) is 10.6. The van der Waals surface area contributed by atoms with Crippen LogP contribution in [0.3, 0.4) is 0 Å². The number of benzene rings is 1. The average molecular weight is 271 g/mol. The van der Waals surface area contributed by atoms with Crippen LogP contribution in [0.2, 0.25) is 10.0 Å². The van der Waals surface area contributed by atoms with Crippen molar-refractivity contribution in [2.45, 2.75) is 6.54 Å². The van der Waals surface area contributed by atoms with Crippen molar-refractivity contribution in [3.63, 3.8) is 0 Å². The zero-order valence-electron chi connectivity index (χ0n) is 7.67. The Morgan fingerprint density at radius 2 is 2.00 bits per heavy atom. The molecule has 6 heteroatoms. The van der Waals surface area contributed by atoms with Crippen molar-refractivity contribution >= 4 is 41.6 Å². The maximum atomic E-state index is 10.2. The Bertz CT molecular complexity index is 344. The summed E-state index contributed by atoms with van der Waals surface area (Å²) < 4.78 is 0. The molecule has 0 aliphatic heterocycles. The molecule has 0 aromatic heterocycles. The van der Waals surface area contributed by atoms with Gasteiger partial charge in [-0.05, 0) is 17.7 Å². The Hall–Kier alpha value is -0.480. The number of carbonyl (C=O) groups is 1. The molecule has 0 saturated heterocycles. The number of hydrogen-bond donors (Lipinski definition) is 2. The van der Waals surface area contributed by atoms with E-state index in [1.54, 1.807) is 18.2 Å². The largest absolute Gasteiger partial charge is 0.480 e. The average Bonchev–Trinajstić information content (AvgIpc) is 2.10. The van der Waals surface area contributed by atoms with Crippen molar-refractivity contribution in [3.8, 4) is 0 Å². The normalized spacial score (nSPS) is 9.47. The van der Waals surface area contributed by atoms with E-state index in [1.807, 2.05) is 0 Å². The van der Waals surface area contributed by atoms with Crippen LogP contribution in [0, 0.1) is 0 Å². The first kappa shape index (κ1) is 14.5. The van der Waals surface area contributed by atoms with Crippen molar-refractivity contribution in [1.82, 2.24) is 5.32 Å². The van der Waals surface area contributed by atoms with E-state index in [2.05, 4.69) is 5.32 Å². The summed E-state index contributed by atoms with van der Waals surface area (Å²) in [6.07, 6.45) is 0. The lowest BCUT2D eigenvalue weighted by Gasteiger charge is -2.03. The second-order valence-electron chi connectivity index (χ2n) is 2.75. The van der Waals surface area contributed by atoms with Gasteiger partial charge < -0.3 is 10.4 Å². The van der Waals surface area contributed by atoms with E-state index >= 15 is 0 Å². The molecular formula is C9H10Cl3NO2. The Balaban J connectivity index is 0.00000196. The van der Waals surface area contributed by atoms with Gasteiger partial charge >= 0.3 is 5.97 Å². The predicted octanol–water partition coefficient (Wildman–Crippen LogP) is 2.59. The van der Waals surface area contributed by atoms with Crippen molar-refractivity contribution in [3.05, 3.63) is 33.8 Å². The summed E-state index contributed by atoms with van der Waals surface area (Å²) in [4.78, 5) is 10.2. The molecule has 1 aromatic rings. The highest BCUT2D eigenvalue weighted by molar-refractivity contribution is 6.42. The second-order valence-corrected chi connectivity index (χ2v) is 3.56. The van der Waals surface area contributed by atoms with Gasteiger partial charge in [0, 0.05) is 6.54 Å². The summed E-state index contributed by atoms with van der Waals surface area (Å²) in [5.74, 6) is -0.884. The fourth-order valence-corrected chi connectivity index (χ4v) is 1.28. The van der Waals surface area contributed by atoms with Gasteiger partial charge in [-0.25, -0.2) is 0 Å². The van der Waals surface area contributed by atoms with E-state index in [-0.39, 0.29) is 19.0 Å². The second kappa shape index (κ2) is 6.90. The molecule has 0 atom stereocenters. The predicted molar refractivity (Wildman–Crippen MR) is 63.1 cm³/mol. The van der Waals surface area contributed by atoms with Gasteiger partial charge in [0.25, 0.3) is 0 Å². The van der Waals surface area contributed by atoms with Gasteiger partial charge in [0.15, 0.2) is 0 Å². The van der Waals surface area contributed by atoms with Crippen LogP contribution in [-0.2, 0) is 11.3 Å². The van der Waals surface area contributed by atoms with Crippen LogP contribution in [0.25, 0.3) is 0 Å². The number of nitrogens with one attached hydrogen (secondary N) is 1. The third kappa shape index (κ3) is 5.23. The van der Waals surface area contributed by atoms with Gasteiger partial charge in [0.1, 0.15) is 0 Å². The first-order valence-electron chi connectivity index (χ1n) is 3.96. The molecule has 1 aromatic carbocycles. The summed E-state index contributed by atoms with van der Waals surface area (Å²) in [5.41, 5.74) is 0.903. The number of hydrogen-bond acceptors (Lipinski definition) is 2. The molecule has 1 rings (SSSR count). The van der Waals surface area contributed by atoms with E-state index in [9.17, 15) is 4.79 Å². The van der Waals surface area contributed by atoms with Crippen molar-refractivity contribution in [1.29, 1.82) is 0 Å². The van der Waals surface area contributed by atoms with E-state index in [0.29, 0.717) is 16.6 Å². The highest BCUT2D eigenvalue weighted by Crippen LogP contribution is 2.22. The van der Waals surface area contributed by atoms with E-state index in [1.165, 1.54) is 0 Å². The molecule has 84 valence electrons. The first-order chi connectivity index (χ1) is 6.59. The minimum absolute atomic E-state index is 0. The van der Waals surface area contributed by atoms with Crippen LogP contribution < -0.4 is 5.32 Å². The minimum Gasteiger partial charge on any atom is -0.480 e. The quantitative estimate of drug-likeness (QED) is 0.884. The monoisotopic (exact) mass is 269 g/mol. The molecule has 0 spiro atoms. The molecule has 2 N–H and O–H groups in total. The summed E-state index contributed by atoms with van der Waals surface area (Å²) in [7, 11) is 0. The summed E-state index contributed by atoms with van der Waals surface area (Å²) in [6.45, 7) is 0.392. The molecular weight excluding hydrogens is 260 g/mol. The topological polar surface area (TPSA) is 49.3 Å². The van der Waals surface area contributed by atoms with Gasteiger partial charge in [-0.1, -0.05) is 29.3 Å². The van der Waals surface area contributed by atoms with E-state index < -0.39 is 5.97 Å². The zero-order valence-corrected chi connectivity index (χ0v) is 9.99. The van der Waals surface area contributed by atoms with Crippen LogP contribution in [0.1, 0.15) is 5.56 Å². The fraction of sp³-hybridized carbons (Fsp3) is 0.222. The molecule has 0 amide bonds. The van der Waals surface area contributed by atoms with Gasteiger partial charge in [-0.15, -0.1) is 12.4 Å². The van der Waals surface area contributed by atoms with E-state index in [4.69, 9.17) is 28.3 Å². The number of aliphatic carboxylic acids is 1. The lowest BCUT2D eigenvalue weighted by molar-refractivity contribution is -0.135. The third-order valence-electron chi connectivity index (χ3n) is 1.59. The molecule has 0 heterocycles. The molecule has 0 unspecified atom stereocenters. The fourth-order valence-electron chi connectivity index (χ4n) is 0.963. The number of halogens is 3. The molecule has 0 radical (unpaired) electrons. The van der Waals surface area contributed by atoms with Crippen LogP contribution >= 0.6 is 35.6 Å². The number of carboxylic acid groups (broad SMARTS) is 1. The summed E-state index contributed by atoms with van der Waals surface area (Å²) in [5, 5.41) is 12.1. The van der Waals surface area contributed by atoms with Crippen LogP contribution in [0.5, 0.6) is 0 Å². The third-order valence-corrected chi connectivity index (χ3v) is 2.33. The number of rotatable bonds is 4. The molecule has 3 nitrogen and oxygen atoms in total. The number of carboxylic acids is 1. The van der Waals surface area contributed by atoms with E-state index in [0.717, 1.165) is 5.56 Å². The standard InChI is InChI=1S/C9H9Cl2NO2.ClH/c10-7-2-1-6(3-8(7)11)4-12-5-9(13)14;/h1-3,12H,4-5H2,(H,13,14);1H. The Morgan fingerprint density at radius 3 is 2.53 bits per heavy atom. The van der Waals surface area contributed by atoms with Gasteiger partial charge in [-0.2, -0.15) is 0 Å². The molecule has 0 bridgehead atoms. The minimum atomic E-state index is -0.884. The highest BCUT2D eigenvalue weighted by atomic mass is 35.5. The summed E-state index contributed by atoms with van der Waals surface area (Å²) >= 11 is 11.5. The van der Waals surface area contributed by atoms with Crippen LogP contribution in [0.4, 0.5) is 0 Å². The Morgan fingerprint density at radius 1 is 1.33 bits per heavy atom. The van der Waals surface area contributed by atoms with Crippen molar-refractivity contribution in [2.24, 2.45) is 0 Å². The maximum absolute atomic E-state index is 10.2. The smallest absolute Gasteiger partial charge is 0.317 e. The molecule has 0 aliphatic rings. The van der Waals surface area contributed by atoms with Gasteiger partial charge in [0.05, 0.1) is 16.6 Å². The lowest BCUT2D eigenvalue weighted by Crippen LogP contribution is -2.21. The molecule has 0 saturated carbocycles. The SMILES string of the molecule is Cl.O=C(O)CNCc1ccc(Cl)c(Cl)c1. The summed E-state index contributed by atoms with van der Waals surface area (Å²) in [6, 6.07) is 5.18. The first-order valence-corrected chi connectivity index (χ1v) is 4.71. The molecule has 0 fully saturated rings. The maximum Gasteiger partial charge on any atom is 0.317 e.